The van der Waals surface area contributed by atoms with E-state index in [0.717, 1.165) is 19.5 Å². The molecule has 0 fully saturated rings. The lowest BCUT2D eigenvalue weighted by Gasteiger charge is -2.29. The first kappa shape index (κ1) is 13.2. The van der Waals surface area contributed by atoms with Gasteiger partial charge in [-0.3, -0.25) is 4.90 Å². The quantitative estimate of drug-likeness (QED) is 0.798. The van der Waals surface area contributed by atoms with Crippen LogP contribution in [0.25, 0.3) is 0 Å². The second-order valence-corrected chi connectivity index (χ2v) is 4.07. The van der Waals surface area contributed by atoms with Gasteiger partial charge in [0.15, 0.2) is 0 Å². The Hall–Kier alpha value is -0.860. The zero-order valence-corrected chi connectivity index (χ0v) is 10.7. The number of benzene rings is 1. The van der Waals surface area contributed by atoms with E-state index in [1.165, 1.54) is 11.1 Å². The van der Waals surface area contributed by atoms with Gasteiger partial charge in [-0.15, -0.1) is 0 Å². The monoisotopic (exact) mass is 220 g/mol. The van der Waals surface area contributed by atoms with Crippen molar-refractivity contribution >= 4 is 0 Å². The molecule has 0 aromatic heterocycles. The number of hydrogen-bond acceptors (Lipinski definition) is 2. The molecule has 2 N–H and O–H groups in total. The molecule has 0 amide bonds. The van der Waals surface area contributed by atoms with Gasteiger partial charge < -0.3 is 5.73 Å². The van der Waals surface area contributed by atoms with Crippen molar-refractivity contribution in [2.75, 3.05) is 19.6 Å². The van der Waals surface area contributed by atoms with E-state index in [-0.39, 0.29) is 0 Å². The minimum absolute atomic E-state index is 0.362. The Bertz CT molecular complexity index is 288. The molecule has 16 heavy (non-hydrogen) atoms. The van der Waals surface area contributed by atoms with E-state index in [2.05, 4.69) is 49.9 Å². The van der Waals surface area contributed by atoms with Gasteiger partial charge in [-0.05, 0) is 30.6 Å². The van der Waals surface area contributed by atoms with Crippen molar-refractivity contribution in [1.82, 2.24) is 4.90 Å². The summed E-state index contributed by atoms with van der Waals surface area (Å²) in [6.45, 7) is 9.34. The summed E-state index contributed by atoms with van der Waals surface area (Å²) >= 11 is 0. The van der Waals surface area contributed by atoms with Crippen LogP contribution in [0.3, 0.4) is 0 Å². The number of likely N-dealkylation sites (N-methyl/N-ethyl adjacent to an activating group) is 1. The van der Waals surface area contributed by atoms with Crippen LogP contribution >= 0.6 is 0 Å². The Balaban J connectivity index is 2.85. The largest absolute Gasteiger partial charge is 0.329 e. The summed E-state index contributed by atoms with van der Waals surface area (Å²) in [7, 11) is 0. The minimum Gasteiger partial charge on any atom is -0.329 e. The fraction of sp³-hybridized carbons (Fsp3) is 0.571. The van der Waals surface area contributed by atoms with Gasteiger partial charge in [0.25, 0.3) is 0 Å². The standard InChI is InChI=1S/C14H24N2/c1-4-12-7-9-13(10-8-12)14(11-15)16(5-2)6-3/h7-10,14H,4-6,11,15H2,1-3H3/t14-/m0/s1. The topological polar surface area (TPSA) is 29.3 Å². The van der Waals surface area contributed by atoms with Crippen LogP contribution in [0.4, 0.5) is 0 Å². The van der Waals surface area contributed by atoms with E-state index >= 15 is 0 Å². The molecule has 2 heteroatoms. The van der Waals surface area contributed by atoms with Crippen molar-refractivity contribution in [3.8, 4) is 0 Å². The maximum absolute atomic E-state index is 5.89. The third-order valence-corrected chi connectivity index (χ3v) is 3.25. The minimum atomic E-state index is 0.362. The molecule has 0 aliphatic carbocycles. The predicted octanol–water partition coefficient (Wildman–Crippen LogP) is 2.59. The predicted molar refractivity (Wildman–Crippen MR) is 70.5 cm³/mol. The number of aryl methyl sites for hydroxylation is 1. The number of nitrogens with zero attached hydrogens (tertiary/aromatic N) is 1. The Morgan fingerprint density at radius 1 is 1.06 bits per heavy atom. The maximum atomic E-state index is 5.89. The molecule has 1 aromatic rings. The zero-order chi connectivity index (χ0) is 12.0. The highest BCUT2D eigenvalue weighted by atomic mass is 15.2. The summed E-state index contributed by atoms with van der Waals surface area (Å²) in [6.07, 6.45) is 1.10. The molecule has 1 rings (SSSR count). The second kappa shape index (κ2) is 6.66. The van der Waals surface area contributed by atoms with Crippen LogP contribution in [0.5, 0.6) is 0 Å². The fourth-order valence-corrected chi connectivity index (χ4v) is 2.14. The summed E-state index contributed by atoms with van der Waals surface area (Å²) in [5.41, 5.74) is 8.61. The van der Waals surface area contributed by atoms with Crippen LogP contribution < -0.4 is 5.73 Å². The van der Waals surface area contributed by atoms with E-state index in [1.807, 2.05) is 0 Å². The number of rotatable bonds is 6. The molecule has 0 heterocycles. The van der Waals surface area contributed by atoms with Crippen molar-refractivity contribution in [2.45, 2.75) is 33.2 Å². The first-order valence-corrected chi connectivity index (χ1v) is 6.29. The summed E-state index contributed by atoms with van der Waals surface area (Å²) in [5, 5.41) is 0. The lowest BCUT2D eigenvalue weighted by atomic mass is 10.0. The summed E-state index contributed by atoms with van der Waals surface area (Å²) < 4.78 is 0. The van der Waals surface area contributed by atoms with Crippen LogP contribution in [0.15, 0.2) is 24.3 Å². The molecule has 2 nitrogen and oxygen atoms in total. The summed E-state index contributed by atoms with van der Waals surface area (Å²) in [5.74, 6) is 0. The van der Waals surface area contributed by atoms with Crippen LogP contribution in [0.1, 0.15) is 37.9 Å². The molecular weight excluding hydrogens is 196 g/mol. The lowest BCUT2D eigenvalue weighted by Crippen LogP contribution is -2.33. The molecule has 0 saturated heterocycles. The van der Waals surface area contributed by atoms with Crippen molar-refractivity contribution in [3.63, 3.8) is 0 Å². The van der Waals surface area contributed by atoms with Gasteiger partial charge in [0.2, 0.25) is 0 Å². The normalized spacial score (nSPS) is 13.1. The highest BCUT2D eigenvalue weighted by Crippen LogP contribution is 2.19. The molecular formula is C14H24N2. The Kier molecular flexibility index (Phi) is 5.50. The van der Waals surface area contributed by atoms with E-state index < -0.39 is 0 Å². The van der Waals surface area contributed by atoms with Crippen LogP contribution in [-0.2, 0) is 6.42 Å². The van der Waals surface area contributed by atoms with E-state index in [4.69, 9.17) is 5.73 Å². The maximum Gasteiger partial charge on any atom is 0.0470 e. The smallest absolute Gasteiger partial charge is 0.0470 e. The number of hydrogen-bond donors (Lipinski definition) is 1. The first-order chi connectivity index (χ1) is 7.76. The lowest BCUT2D eigenvalue weighted by molar-refractivity contribution is 0.224. The highest BCUT2D eigenvalue weighted by Gasteiger charge is 2.15. The van der Waals surface area contributed by atoms with Crippen molar-refractivity contribution in [3.05, 3.63) is 35.4 Å². The summed E-state index contributed by atoms with van der Waals surface area (Å²) in [6, 6.07) is 9.22. The molecule has 0 aliphatic heterocycles. The Morgan fingerprint density at radius 2 is 1.62 bits per heavy atom. The number of nitrogens with two attached hydrogens (primary N) is 1. The van der Waals surface area contributed by atoms with Gasteiger partial charge in [0.05, 0.1) is 0 Å². The third-order valence-electron chi connectivity index (χ3n) is 3.25. The molecule has 0 spiro atoms. The molecule has 90 valence electrons. The Morgan fingerprint density at radius 3 is 2.00 bits per heavy atom. The van der Waals surface area contributed by atoms with Crippen molar-refractivity contribution in [2.24, 2.45) is 5.73 Å². The van der Waals surface area contributed by atoms with Gasteiger partial charge in [0, 0.05) is 12.6 Å². The van der Waals surface area contributed by atoms with Crippen LogP contribution in [0, 0.1) is 0 Å². The van der Waals surface area contributed by atoms with Gasteiger partial charge in [-0.2, -0.15) is 0 Å². The van der Waals surface area contributed by atoms with E-state index in [9.17, 15) is 0 Å². The molecule has 0 radical (unpaired) electrons. The van der Waals surface area contributed by atoms with Crippen molar-refractivity contribution in [1.29, 1.82) is 0 Å². The highest BCUT2D eigenvalue weighted by molar-refractivity contribution is 5.25. The molecule has 0 bridgehead atoms. The van der Waals surface area contributed by atoms with Gasteiger partial charge in [0.1, 0.15) is 0 Å². The molecule has 0 unspecified atom stereocenters. The van der Waals surface area contributed by atoms with Crippen LogP contribution in [-0.4, -0.2) is 24.5 Å². The van der Waals surface area contributed by atoms with E-state index in [0.29, 0.717) is 12.6 Å². The first-order valence-electron chi connectivity index (χ1n) is 6.29. The van der Waals surface area contributed by atoms with Gasteiger partial charge in [-0.1, -0.05) is 45.0 Å². The molecule has 0 aliphatic rings. The average molecular weight is 220 g/mol. The van der Waals surface area contributed by atoms with E-state index in [1.54, 1.807) is 0 Å². The molecule has 0 saturated carbocycles. The second-order valence-electron chi connectivity index (χ2n) is 4.07. The molecule has 1 aromatic carbocycles. The summed E-state index contributed by atoms with van der Waals surface area (Å²) in [4.78, 5) is 2.40. The third kappa shape index (κ3) is 3.06. The fourth-order valence-electron chi connectivity index (χ4n) is 2.14. The van der Waals surface area contributed by atoms with Crippen molar-refractivity contribution < 1.29 is 0 Å². The van der Waals surface area contributed by atoms with Gasteiger partial charge in [-0.25, -0.2) is 0 Å². The zero-order valence-electron chi connectivity index (χ0n) is 10.7. The van der Waals surface area contributed by atoms with Gasteiger partial charge >= 0.3 is 0 Å². The average Bonchev–Trinajstić information content (AvgIpc) is 2.36. The molecule has 1 atom stereocenters. The Labute approximate surface area is 99.5 Å². The SMILES string of the molecule is CCc1ccc([C@H](CN)N(CC)CC)cc1. The van der Waals surface area contributed by atoms with Crippen LogP contribution in [0.2, 0.25) is 0 Å².